The van der Waals surface area contributed by atoms with Gasteiger partial charge in [0.2, 0.25) is 6.33 Å². The van der Waals surface area contributed by atoms with Gasteiger partial charge in [-0.3, -0.25) is 14.2 Å². The summed E-state index contributed by atoms with van der Waals surface area (Å²) >= 11 is 0. The molecular formula is C9H15N4O2. The molecule has 0 saturated carbocycles. The quantitative estimate of drug-likeness (QED) is 0.639. The van der Waals surface area contributed by atoms with Crippen molar-refractivity contribution in [3.05, 3.63) is 27.0 Å². The Morgan fingerprint density at radius 1 is 1.40 bits per heavy atom. The minimum atomic E-state index is -0.701. The van der Waals surface area contributed by atoms with Crippen molar-refractivity contribution in [3.63, 3.8) is 0 Å². The van der Waals surface area contributed by atoms with Crippen LogP contribution in [0.5, 0.6) is 0 Å². The molecule has 6 nitrogen and oxygen atoms in total. The van der Waals surface area contributed by atoms with Crippen LogP contribution >= 0.6 is 0 Å². The molecule has 15 heavy (non-hydrogen) atoms. The van der Waals surface area contributed by atoms with Gasteiger partial charge >= 0.3 is 11.1 Å². The Labute approximate surface area is 87.5 Å². The van der Waals surface area contributed by atoms with Gasteiger partial charge < -0.3 is 4.90 Å². The predicted octanol–water partition coefficient (Wildman–Crippen LogP) is -0.926. The molecule has 1 radical (unpaired) electrons. The van der Waals surface area contributed by atoms with Gasteiger partial charge in [-0.05, 0) is 13.1 Å². The highest BCUT2D eigenvalue weighted by Crippen LogP contribution is 1.87. The highest BCUT2D eigenvalue weighted by atomic mass is 16.2. The molecule has 1 heterocycles. The Kier molecular flexibility index (Phi) is 4.23. The number of nitrogens with one attached hydrogen (secondary N) is 1. The summed E-state index contributed by atoms with van der Waals surface area (Å²) in [7, 11) is 0. The van der Waals surface area contributed by atoms with E-state index in [0.29, 0.717) is 13.1 Å². The van der Waals surface area contributed by atoms with Crippen LogP contribution in [-0.2, 0) is 6.54 Å². The van der Waals surface area contributed by atoms with Crippen LogP contribution in [0.15, 0.2) is 9.59 Å². The molecule has 0 spiro atoms. The first-order chi connectivity index (χ1) is 7.19. The number of nitrogens with zero attached hydrogens (tertiary/aromatic N) is 3. The van der Waals surface area contributed by atoms with E-state index in [1.54, 1.807) is 0 Å². The van der Waals surface area contributed by atoms with Crippen LogP contribution in [0.2, 0.25) is 0 Å². The van der Waals surface area contributed by atoms with Crippen molar-refractivity contribution in [2.75, 3.05) is 19.6 Å². The van der Waals surface area contributed by atoms with Gasteiger partial charge in [0, 0.05) is 13.1 Å². The van der Waals surface area contributed by atoms with Gasteiger partial charge in [0.05, 0.1) is 0 Å². The maximum absolute atomic E-state index is 11.3. The Morgan fingerprint density at radius 3 is 2.67 bits per heavy atom. The minimum absolute atomic E-state index is 0.442. The highest BCUT2D eigenvalue weighted by molar-refractivity contribution is 4.73. The van der Waals surface area contributed by atoms with E-state index in [2.05, 4.69) is 16.3 Å². The molecule has 0 fully saturated rings. The van der Waals surface area contributed by atoms with E-state index < -0.39 is 11.1 Å². The van der Waals surface area contributed by atoms with Gasteiger partial charge in [-0.2, -0.15) is 5.10 Å². The number of hydrogen-bond acceptors (Lipinski definition) is 4. The fourth-order valence-corrected chi connectivity index (χ4v) is 1.28. The third-order valence-electron chi connectivity index (χ3n) is 2.30. The molecule has 1 aromatic rings. The molecule has 1 N–H and O–H groups in total. The highest BCUT2D eigenvalue weighted by Gasteiger charge is 2.03. The van der Waals surface area contributed by atoms with E-state index >= 15 is 0 Å². The topological polar surface area (TPSA) is 71.0 Å². The van der Waals surface area contributed by atoms with Crippen LogP contribution in [0.3, 0.4) is 0 Å². The zero-order valence-corrected chi connectivity index (χ0v) is 8.99. The van der Waals surface area contributed by atoms with Crippen molar-refractivity contribution >= 4 is 0 Å². The smallest absolute Gasteiger partial charge is 0.302 e. The van der Waals surface area contributed by atoms with Crippen LogP contribution in [0.1, 0.15) is 13.8 Å². The fraction of sp³-hybridized carbons (Fsp3) is 0.667. The second-order valence-corrected chi connectivity index (χ2v) is 3.14. The average Bonchev–Trinajstić information content (AvgIpc) is 2.25. The molecule has 0 aliphatic rings. The molecule has 0 unspecified atom stereocenters. The van der Waals surface area contributed by atoms with Crippen molar-refractivity contribution < 1.29 is 0 Å². The first-order valence-electron chi connectivity index (χ1n) is 4.98. The first kappa shape index (κ1) is 11.6. The lowest BCUT2D eigenvalue weighted by Crippen LogP contribution is -2.39. The van der Waals surface area contributed by atoms with Crippen LogP contribution in [0, 0.1) is 6.33 Å². The van der Waals surface area contributed by atoms with Gasteiger partial charge in [0.15, 0.2) is 0 Å². The standard InChI is InChI=1S/C9H15N4O2/c1-3-12(4-2)5-6-13-7-10-11-8(14)9(13)15/h3-6H2,1-2H3,(H,11,14). The summed E-state index contributed by atoms with van der Waals surface area (Å²) in [4.78, 5) is 24.4. The Morgan fingerprint density at radius 2 is 2.07 bits per heavy atom. The largest absolute Gasteiger partial charge is 0.330 e. The molecule has 0 aromatic carbocycles. The molecule has 1 rings (SSSR count). The second kappa shape index (κ2) is 5.45. The van der Waals surface area contributed by atoms with Gasteiger partial charge in [-0.1, -0.05) is 13.8 Å². The number of rotatable bonds is 5. The maximum Gasteiger partial charge on any atom is 0.330 e. The minimum Gasteiger partial charge on any atom is -0.302 e. The summed E-state index contributed by atoms with van der Waals surface area (Å²) in [5.41, 5.74) is -1.30. The van der Waals surface area contributed by atoms with Crippen LogP contribution in [-0.4, -0.2) is 39.3 Å². The van der Waals surface area contributed by atoms with E-state index in [1.165, 1.54) is 4.57 Å². The summed E-state index contributed by atoms with van der Waals surface area (Å²) in [6.07, 6.45) is 2.45. The van der Waals surface area contributed by atoms with Gasteiger partial charge in [-0.15, -0.1) is 0 Å². The van der Waals surface area contributed by atoms with Crippen molar-refractivity contribution in [2.24, 2.45) is 0 Å². The molecule has 1 aromatic heterocycles. The Bertz CT molecular complexity index is 405. The predicted molar refractivity (Wildman–Crippen MR) is 55.7 cm³/mol. The van der Waals surface area contributed by atoms with Gasteiger partial charge in [0.25, 0.3) is 0 Å². The molecule has 83 valence electrons. The van der Waals surface area contributed by atoms with E-state index in [9.17, 15) is 9.59 Å². The first-order valence-corrected chi connectivity index (χ1v) is 4.98. The van der Waals surface area contributed by atoms with E-state index in [0.717, 1.165) is 13.1 Å². The zero-order chi connectivity index (χ0) is 11.3. The van der Waals surface area contributed by atoms with Crippen molar-refractivity contribution in [2.45, 2.75) is 20.4 Å². The summed E-state index contributed by atoms with van der Waals surface area (Å²) in [5.74, 6) is 0. The number of H-pyrrole nitrogens is 1. The molecule has 0 aliphatic carbocycles. The number of hydrogen-bond donors (Lipinski definition) is 1. The summed E-state index contributed by atoms with van der Waals surface area (Å²) in [5, 5.41) is 5.50. The zero-order valence-electron chi connectivity index (χ0n) is 8.99. The Balaban J connectivity index is 2.70. The van der Waals surface area contributed by atoms with E-state index in [4.69, 9.17) is 0 Å². The lowest BCUT2D eigenvalue weighted by atomic mass is 10.4. The number of aromatic amines is 1. The van der Waals surface area contributed by atoms with Crippen LogP contribution in [0.4, 0.5) is 0 Å². The molecular weight excluding hydrogens is 196 g/mol. The second-order valence-electron chi connectivity index (χ2n) is 3.14. The summed E-state index contributed by atoms with van der Waals surface area (Å²) < 4.78 is 1.21. The normalized spacial score (nSPS) is 10.9. The molecule has 6 heteroatoms. The summed E-state index contributed by atoms with van der Waals surface area (Å²) in [6, 6.07) is 0. The lowest BCUT2D eigenvalue weighted by Gasteiger charge is -2.17. The Hall–Kier alpha value is -1.43. The maximum atomic E-state index is 11.3. The molecule has 0 aliphatic heterocycles. The molecule has 0 bridgehead atoms. The third kappa shape index (κ3) is 3.02. The van der Waals surface area contributed by atoms with Crippen molar-refractivity contribution in [1.29, 1.82) is 0 Å². The average molecular weight is 211 g/mol. The van der Waals surface area contributed by atoms with Crippen molar-refractivity contribution in [1.82, 2.24) is 19.7 Å². The van der Waals surface area contributed by atoms with E-state index in [1.807, 2.05) is 18.9 Å². The number of likely N-dealkylation sites (N-methyl/N-ethyl adjacent to an activating group) is 1. The third-order valence-corrected chi connectivity index (χ3v) is 2.30. The molecule has 0 atom stereocenters. The van der Waals surface area contributed by atoms with Crippen LogP contribution < -0.4 is 11.1 Å². The summed E-state index contributed by atoms with van der Waals surface area (Å²) in [6.45, 7) is 7.09. The molecule has 0 amide bonds. The SMILES string of the molecule is CCN(CC)CCn1[c]n[nH]c(=O)c1=O. The number of aromatic nitrogens is 3. The van der Waals surface area contributed by atoms with Crippen molar-refractivity contribution in [3.8, 4) is 0 Å². The molecule has 0 saturated heterocycles. The van der Waals surface area contributed by atoms with Gasteiger partial charge in [-0.25, -0.2) is 5.10 Å². The van der Waals surface area contributed by atoms with Crippen LogP contribution in [0.25, 0.3) is 0 Å². The van der Waals surface area contributed by atoms with Gasteiger partial charge in [0.1, 0.15) is 0 Å². The van der Waals surface area contributed by atoms with E-state index in [-0.39, 0.29) is 0 Å². The lowest BCUT2D eigenvalue weighted by molar-refractivity contribution is 0.287. The fourth-order valence-electron chi connectivity index (χ4n) is 1.28. The monoisotopic (exact) mass is 211 g/mol.